The first-order valence-electron chi connectivity index (χ1n) is 4.30. The molecule has 0 saturated heterocycles. The highest BCUT2D eigenvalue weighted by Gasteiger charge is 2.08. The maximum atomic E-state index is 4.19. The average Bonchev–Trinajstić information content (AvgIpc) is 2.66. The van der Waals surface area contributed by atoms with E-state index in [0.29, 0.717) is 0 Å². The molecule has 0 aliphatic carbocycles. The summed E-state index contributed by atoms with van der Waals surface area (Å²) in [7, 11) is 0. The average molecular weight is 253 g/mol. The number of hydrogen-bond acceptors (Lipinski definition) is 3. The molecule has 72 valence electrons. The molecule has 0 unspecified atom stereocenters. The molecule has 0 aromatic carbocycles. The maximum absolute atomic E-state index is 4.19. The molecule has 2 heterocycles. The van der Waals surface area contributed by atoms with E-state index in [-0.39, 0.29) is 0 Å². The largest absolute Gasteiger partial charge is 0.265 e. The van der Waals surface area contributed by atoms with Crippen LogP contribution in [0.1, 0.15) is 6.92 Å². The highest BCUT2D eigenvalue weighted by Crippen LogP contribution is 2.24. The summed E-state index contributed by atoms with van der Waals surface area (Å²) in [6.45, 7) is 2.89. The lowest BCUT2D eigenvalue weighted by Crippen LogP contribution is -1.99. The number of aryl methyl sites for hydroxylation is 1. The highest BCUT2D eigenvalue weighted by atomic mass is 79.9. The molecule has 0 N–H and O–H groups in total. The second kappa shape index (κ2) is 3.88. The van der Waals surface area contributed by atoms with E-state index in [1.54, 1.807) is 12.4 Å². The predicted octanol–water partition coefficient (Wildman–Crippen LogP) is 2.12. The molecular formula is C9H9BrN4. The van der Waals surface area contributed by atoms with Crippen molar-refractivity contribution in [1.29, 1.82) is 0 Å². The Hall–Kier alpha value is -1.23. The van der Waals surface area contributed by atoms with Gasteiger partial charge in [-0.3, -0.25) is 4.68 Å². The maximum Gasteiger partial charge on any atom is 0.118 e. The van der Waals surface area contributed by atoms with E-state index in [2.05, 4.69) is 31.0 Å². The fourth-order valence-corrected chi connectivity index (χ4v) is 1.70. The van der Waals surface area contributed by atoms with Crippen LogP contribution >= 0.6 is 15.9 Å². The summed E-state index contributed by atoms with van der Waals surface area (Å²) in [5, 5.41) is 4.19. The van der Waals surface area contributed by atoms with Crippen molar-refractivity contribution < 1.29 is 0 Å². The molecule has 14 heavy (non-hydrogen) atoms. The van der Waals surface area contributed by atoms with Gasteiger partial charge in [0.2, 0.25) is 0 Å². The third-order valence-electron chi connectivity index (χ3n) is 1.96. The van der Waals surface area contributed by atoms with Gasteiger partial charge in [0.15, 0.2) is 0 Å². The van der Waals surface area contributed by atoms with Crippen LogP contribution in [0.5, 0.6) is 0 Å². The minimum absolute atomic E-state index is 0.794. The van der Waals surface area contributed by atoms with Gasteiger partial charge in [-0.1, -0.05) is 0 Å². The van der Waals surface area contributed by atoms with E-state index >= 15 is 0 Å². The van der Waals surface area contributed by atoms with Gasteiger partial charge >= 0.3 is 0 Å². The van der Waals surface area contributed by atoms with Crippen LogP contribution in [0.25, 0.3) is 11.3 Å². The van der Waals surface area contributed by atoms with Crippen LogP contribution in [0.2, 0.25) is 0 Å². The van der Waals surface area contributed by atoms with Crippen LogP contribution in [-0.4, -0.2) is 19.7 Å². The minimum Gasteiger partial charge on any atom is -0.265 e. The second-order valence-corrected chi connectivity index (χ2v) is 3.51. The standard InChI is InChI=1S/C9H9BrN4/c1-2-14-8(3-4-13-14)7-5-11-6-12-9(7)10/h3-6H,2H2,1H3. The van der Waals surface area contributed by atoms with Crippen LogP contribution in [0.15, 0.2) is 29.4 Å². The Balaban J connectivity index is 2.54. The van der Waals surface area contributed by atoms with Gasteiger partial charge in [0.1, 0.15) is 10.9 Å². The number of rotatable bonds is 2. The van der Waals surface area contributed by atoms with E-state index < -0.39 is 0 Å². The highest BCUT2D eigenvalue weighted by molar-refractivity contribution is 9.10. The summed E-state index contributed by atoms with van der Waals surface area (Å²) in [6.07, 6.45) is 5.07. The molecule has 0 spiro atoms. The third-order valence-corrected chi connectivity index (χ3v) is 2.59. The Kier molecular flexibility index (Phi) is 2.58. The summed E-state index contributed by atoms with van der Waals surface area (Å²) in [4.78, 5) is 8.07. The summed E-state index contributed by atoms with van der Waals surface area (Å²) in [5.41, 5.74) is 1.99. The predicted molar refractivity (Wildman–Crippen MR) is 56.6 cm³/mol. The molecule has 0 bridgehead atoms. The van der Waals surface area contributed by atoms with Crippen molar-refractivity contribution in [2.75, 3.05) is 0 Å². The third kappa shape index (κ3) is 1.55. The van der Waals surface area contributed by atoms with Crippen molar-refractivity contribution in [3.8, 4) is 11.3 Å². The Bertz CT molecular complexity index is 438. The lowest BCUT2D eigenvalue weighted by molar-refractivity contribution is 0.666. The van der Waals surface area contributed by atoms with Crippen LogP contribution in [0.4, 0.5) is 0 Å². The Labute approximate surface area is 90.1 Å². The number of aromatic nitrogens is 4. The van der Waals surface area contributed by atoms with Crippen molar-refractivity contribution in [2.24, 2.45) is 0 Å². The normalized spacial score (nSPS) is 10.4. The monoisotopic (exact) mass is 252 g/mol. The molecule has 0 aliphatic heterocycles. The molecule has 0 aliphatic rings. The molecule has 5 heteroatoms. The second-order valence-electron chi connectivity index (χ2n) is 2.76. The SMILES string of the molecule is CCn1nccc1-c1cncnc1Br. The Morgan fingerprint density at radius 1 is 1.50 bits per heavy atom. The zero-order chi connectivity index (χ0) is 9.97. The summed E-state index contributed by atoms with van der Waals surface area (Å²) < 4.78 is 2.70. The molecule has 0 atom stereocenters. The van der Waals surface area contributed by atoms with E-state index in [1.165, 1.54) is 6.33 Å². The van der Waals surface area contributed by atoms with Gasteiger partial charge in [-0.2, -0.15) is 5.10 Å². The first-order valence-corrected chi connectivity index (χ1v) is 5.10. The zero-order valence-corrected chi connectivity index (χ0v) is 9.27. The first-order chi connectivity index (χ1) is 6.83. The van der Waals surface area contributed by atoms with Crippen LogP contribution in [0, 0.1) is 0 Å². The molecular weight excluding hydrogens is 244 g/mol. The van der Waals surface area contributed by atoms with Crippen LogP contribution < -0.4 is 0 Å². The Morgan fingerprint density at radius 2 is 2.36 bits per heavy atom. The van der Waals surface area contributed by atoms with Crippen molar-refractivity contribution >= 4 is 15.9 Å². The molecule has 0 fully saturated rings. The van der Waals surface area contributed by atoms with Gasteiger partial charge in [0.05, 0.1) is 11.3 Å². The van der Waals surface area contributed by atoms with Crippen molar-refractivity contribution in [1.82, 2.24) is 19.7 Å². The topological polar surface area (TPSA) is 43.6 Å². The van der Waals surface area contributed by atoms with E-state index in [1.807, 2.05) is 17.7 Å². The molecule has 2 rings (SSSR count). The van der Waals surface area contributed by atoms with Crippen LogP contribution in [0.3, 0.4) is 0 Å². The van der Waals surface area contributed by atoms with Gasteiger partial charge in [0, 0.05) is 18.9 Å². The minimum atomic E-state index is 0.794. The van der Waals surface area contributed by atoms with Gasteiger partial charge in [0.25, 0.3) is 0 Å². The molecule has 0 amide bonds. The van der Waals surface area contributed by atoms with E-state index in [4.69, 9.17) is 0 Å². The molecule has 4 nitrogen and oxygen atoms in total. The van der Waals surface area contributed by atoms with Crippen LogP contribution in [-0.2, 0) is 6.54 Å². The molecule has 0 radical (unpaired) electrons. The number of nitrogens with zero attached hydrogens (tertiary/aromatic N) is 4. The lowest BCUT2D eigenvalue weighted by Gasteiger charge is -2.04. The molecule has 2 aromatic rings. The number of halogens is 1. The summed E-state index contributed by atoms with van der Waals surface area (Å²) >= 11 is 3.39. The van der Waals surface area contributed by atoms with Gasteiger partial charge < -0.3 is 0 Å². The van der Waals surface area contributed by atoms with E-state index in [9.17, 15) is 0 Å². The van der Waals surface area contributed by atoms with Gasteiger partial charge in [-0.15, -0.1) is 0 Å². The number of hydrogen-bond donors (Lipinski definition) is 0. The molecule has 0 saturated carbocycles. The van der Waals surface area contributed by atoms with Crippen molar-refractivity contribution in [3.63, 3.8) is 0 Å². The van der Waals surface area contributed by atoms with E-state index in [0.717, 1.165) is 22.4 Å². The lowest BCUT2D eigenvalue weighted by atomic mass is 10.2. The van der Waals surface area contributed by atoms with Gasteiger partial charge in [-0.05, 0) is 28.9 Å². The smallest absolute Gasteiger partial charge is 0.118 e. The quantitative estimate of drug-likeness (QED) is 0.770. The summed E-state index contributed by atoms with van der Waals surface area (Å²) in [5.74, 6) is 0. The summed E-state index contributed by atoms with van der Waals surface area (Å²) in [6, 6.07) is 1.95. The fraction of sp³-hybridized carbons (Fsp3) is 0.222. The fourth-order valence-electron chi connectivity index (χ4n) is 1.30. The Morgan fingerprint density at radius 3 is 3.07 bits per heavy atom. The van der Waals surface area contributed by atoms with Gasteiger partial charge in [-0.25, -0.2) is 9.97 Å². The van der Waals surface area contributed by atoms with Crippen molar-refractivity contribution in [3.05, 3.63) is 29.4 Å². The zero-order valence-electron chi connectivity index (χ0n) is 7.68. The van der Waals surface area contributed by atoms with Crippen molar-refractivity contribution in [2.45, 2.75) is 13.5 Å². The molecule has 2 aromatic heterocycles. The first kappa shape index (κ1) is 9.33.